The Balaban J connectivity index is 2.61. The van der Waals surface area contributed by atoms with E-state index in [0.29, 0.717) is 17.6 Å². The molecule has 0 saturated carbocycles. The van der Waals surface area contributed by atoms with Crippen LogP contribution in [0.3, 0.4) is 0 Å². The molecule has 0 radical (unpaired) electrons. The summed E-state index contributed by atoms with van der Waals surface area (Å²) in [4.78, 5) is 2.31. The van der Waals surface area contributed by atoms with Gasteiger partial charge in [-0.05, 0) is 44.0 Å². The number of nitrogens with zero attached hydrogens (tertiary/aromatic N) is 1. The molecule has 1 atom stereocenters. The fourth-order valence-electron chi connectivity index (χ4n) is 2.01. The van der Waals surface area contributed by atoms with E-state index in [4.69, 9.17) is 5.73 Å². The molecule has 1 aromatic carbocycles. The van der Waals surface area contributed by atoms with Crippen molar-refractivity contribution in [3.63, 3.8) is 0 Å². The van der Waals surface area contributed by atoms with Crippen LogP contribution >= 0.6 is 0 Å². The Bertz CT molecular complexity index is 363. The number of rotatable bonds is 5. The van der Waals surface area contributed by atoms with Crippen LogP contribution in [0.5, 0.6) is 5.75 Å². The highest BCUT2D eigenvalue weighted by Crippen LogP contribution is 2.22. The maximum Gasteiger partial charge on any atom is 0.138 e. The summed E-state index contributed by atoms with van der Waals surface area (Å²) in [7, 11) is 2.12. The lowest BCUT2D eigenvalue weighted by atomic mass is 10.0. The molecule has 3 N–H and O–H groups in total. The number of phenolic OH excluding ortho intramolecular Hbond substituents is 1. The molecule has 1 aromatic rings. The highest BCUT2D eigenvalue weighted by atomic mass is 16.3. The van der Waals surface area contributed by atoms with Crippen molar-refractivity contribution < 1.29 is 5.11 Å². The summed E-state index contributed by atoms with van der Waals surface area (Å²) in [6, 6.07) is 5.97. The van der Waals surface area contributed by atoms with Crippen LogP contribution < -0.4 is 5.73 Å². The molecular weight excluding hydrogens is 212 g/mol. The van der Waals surface area contributed by atoms with Gasteiger partial charge in [-0.1, -0.05) is 19.9 Å². The normalized spacial score (nSPS) is 13.3. The third-order valence-electron chi connectivity index (χ3n) is 3.09. The molecule has 96 valence electrons. The van der Waals surface area contributed by atoms with E-state index in [-0.39, 0.29) is 5.75 Å². The Hall–Kier alpha value is -1.22. The molecule has 0 heterocycles. The van der Waals surface area contributed by atoms with Gasteiger partial charge < -0.3 is 10.8 Å². The quantitative estimate of drug-likeness (QED) is 0.610. The van der Waals surface area contributed by atoms with Crippen molar-refractivity contribution >= 4 is 5.69 Å². The van der Waals surface area contributed by atoms with Gasteiger partial charge in [0.15, 0.2) is 0 Å². The number of hydrogen-bond donors (Lipinski definition) is 2. The lowest BCUT2D eigenvalue weighted by molar-refractivity contribution is 0.220. The highest BCUT2D eigenvalue weighted by molar-refractivity contribution is 5.53. The molecule has 17 heavy (non-hydrogen) atoms. The Morgan fingerprint density at radius 1 is 1.29 bits per heavy atom. The van der Waals surface area contributed by atoms with Crippen molar-refractivity contribution in [1.29, 1.82) is 0 Å². The van der Waals surface area contributed by atoms with Gasteiger partial charge in [0.25, 0.3) is 0 Å². The first-order chi connectivity index (χ1) is 7.90. The Morgan fingerprint density at radius 3 is 2.47 bits per heavy atom. The highest BCUT2D eigenvalue weighted by Gasteiger charge is 2.11. The largest absolute Gasteiger partial charge is 0.506 e. The number of hydrogen-bond acceptors (Lipinski definition) is 3. The minimum absolute atomic E-state index is 0.159. The molecule has 0 aliphatic carbocycles. The zero-order valence-electron chi connectivity index (χ0n) is 11.3. The fourth-order valence-corrected chi connectivity index (χ4v) is 2.01. The van der Waals surface area contributed by atoms with Crippen LogP contribution in [0.1, 0.15) is 32.8 Å². The molecule has 0 amide bonds. The molecule has 0 aliphatic heterocycles. The van der Waals surface area contributed by atoms with E-state index < -0.39 is 0 Å². The predicted molar refractivity (Wildman–Crippen MR) is 72.9 cm³/mol. The van der Waals surface area contributed by atoms with Gasteiger partial charge in [0.1, 0.15) is 5.75 Å². The first-order valence-electron chi connectivity index (χ1n) is 6.17. The van der Waals surface area contributed by atoms with Crippen molar-refractivity contribution in [3.05, 3.63) is 23.8 Å². The summed E-state index contributed by atoms with van der Waals surface area (Å²) < 4.78 is 0. The second-order valence-corrected chi connectivity index (χ2v) is 5.29. The molecule has 3 heteroatoms. The molecule has 3 nitrogen and oxygen atoms in total. The molecule has 0 aromatic heterocycles. The van der Waals surface area contributed by atoms with E-state index >= 15 is 0 Å². The van der Waals surface area contributed by atoms with Crippen LogP contribution in [-0.4, -0.2) is 23.1 Å². The van der Waals surface area contributed by atoms with Crippen LogP contribution in [-0.2, 0) is 6.54 Å². The number of aromatic hydroxyl groups is 1. The summed E-state index contributed by atoms with van der Waals surface area (Å²) in [5, 5.41) is 9.37. The lowest BCUT2D eigenvalue weighted by Gasteiger charge is -2.26. The summed E-state index contributed by atoms with van der Waals surface area (Å²) in [5.74, 6) is 0.865. The van der Waals surface area contributed by atoms with E-state index in [1.54, 1.807) is 6.07 Å². The maximum absolute atomic E-state index is 9.37. The lowest BCUT2D eigenvalue weighted by Crippen LogP contribution is -2.29. The van der Waals surface area contributed by atoms with Crippen LogP contribution in [0.25, 0.3) is 0 Å². The van der Waals surface area contributed by atoms with Gasteiger partial charge in [-0.15, -0.1) is 0 Å². The zero-order valence-corrected chi connectivity index (χ0v) is 11.3. The number of phenols is 1. The van der Waals surface area contributed by atoms with Crippen LogP contribution in [0, 0.1) is 5.92 Å². The Labute approximate surface area is 104 Å². The monoisotopic (exact) mass is 236 g/mol. The molecular formula is C14H24N2O. The molecule has 0 aliphatic rings. The van der Waals surface area contributed by atoms with Gasteiger partial charge in [-0.25, -0.2) is 0 Å². The SMILES string of the molecule is CC(C)CC(C)N(C)Cc1ccc(O)c(N)c1. The fraction of sp³-hybridized carbons (Fsp3) is 0.571. The molecule has 0 saturated heterocycles. The van der Waals surface area contributed by atoms with E-state index in [1.165, 1.54) is 6.42 Å². The second-order valence-electron chi connectivity index (χ2n) is 5.29. The van der Waals surface area contributed by atoms with Crippen molar-refractivity contribution in [1.82, 2.24) is 4.90 Å². The first kappa shape index (κ1) is 13.8. The second kappa shape index (κ2) is 5.92. The van der Waals surface area contributed by atoms with Crippen molar-refractivity contribution in [2.75, 3.05) is 12.8 Å². The van der Waals surface area contributed by atoms with Gasteiger partial charge in [-0.3, -0.25) is 4.90 Å². The van der Waals surface area contributed by atoms with E-state index in [9.17, 15) is 5.11 Å². The average molecular weight is 236 g/mol. The van der Waals surface area contributed by atoms with Gasteiger partial charge in [0.05, 0.1) is 5.69 Å². The number of nitrogens with two attached hydrogens (primary N) is 1. The van der Waals surface area contributed by atoms with Gasteiger partial charge >= 0.3 is 0 Å². The van der Waals surface area contributed by atoms with Gasteiger partial charge in [0.2, 0.25) is 0 Å². The van der Waals surface area contributed by atoms with Crippen molar-refractivity contribution in [2.24, 2.45) is 5.92 Å². The maximum atomic E-state index is 9.37. The van der Waals surface area contributed by atoms with Crippen molar-refractivity contribution in [3.8, 4) is 5.75 Å². The van der Waals surface area contributed by atoms with E-state index in [0.717, 1.165) is 12.1 Å². The Morgan fingerprint density at radius 2 is 1.94 bits per heavy atom. The van der Waals surface area contributed by atoms with Gasteiger partial charge in [-0.2, -0.15) is 0 Å². The molecule has 0 fully saturated rings. The molecule has 1 unspecified atom stereocenters. The minimum Gasteiger partial charge on any atom is -0.506 e. The number of anilines is 1. The standard InChI is InChI=1S/C14H24N2O/c1-10(2)7-11(3)16(4)9-12-5-6-14(17)13(15)8-12/h5-6,8,10-11,17H,7,9,15H2,1-4H3. The molecule has 0 bridgehead atoms. The van der Waals surface area contributed by atoms with Crippen LogP contribution in [0.15, 0.2) is 18.2 Å². The topological polar surface area (TPSA) is 49.5 Å². The summed E-state index contributed by atoms with van der Waals surface area (Å²) in [6.45, 7) is 7.58. The summed E-state index contributed by atoms with van der Waals surface area (Å²) >= 11 is 0. The smallest absolute Gasteiger partial charge is 0.138 e. The van der Waals surface area contributed by atoms with Crippen LogP contribution in [0.4, 0.5) is 5.69 Å². The van der Waals surface area contributed by atoms with Gasteiger partial charge in [0, 0.05) is 12.6 Å². The predicted octanol–water partition coefficient (Wildman–Crippen LogP) is 2.84. The minimum atomic E-state index is 0.159. The third-order valence-corrected chi connectivity index (χ3v) is 3.09. The van der Waals surface area contributed by atoms with E-state index in [2.05, 4.69) is 32.7 Å². The molecule has 0 spiro atoms. The van der Waals surface area contributed by atoms with E-state index in [1.807, 2.05) is 12.1 Å². The third kappa shape index (κ3) is 4.27. The average Bonchev–Trinajstić information content (AvgIpc) is 2.22. The van der Waals surface area contributed by atoms with Crippen molar-refractivity contribution in [2.45, 2.75) is 39.8 Å². The first-order valence-corrected chi connectivity index (χ1v) is 6.17. The molecule has 1 rings (SSSR count). The summed E-state index contributed by atoms with van der Waals surface area (Å²) in [6.07, 6.45) is 1.18. The number of nitrogen functional groups attached to an aromatic ring is 1. The Kier molecular flexibility index (Phi) is 4.82. The number of benzene rings is 1. The zero-order chi connectivity index (χ0) is 13.0. The van der Waals surface area contributed by atoms with Crippen LogP contribution in [0.2, 0.25) is 0 Å². The summed E-state index contributed by atoms with van der Waals surface area (Å²) in [5.41, 5.74) is 7.27.